The Morgan fingerprint density at radius 3 is 2.52 bits per heavy atom. The fraction of sp³-hybridized carbons (Fsp3) is 0.167. The number of benzene rings is 2. The van der Waals surface area contributed by atoms with E-state index in [1.54, 1.807) is 18.2 Å². The Hall–Kier alpha value is -2.95. The van der Waals surface area contributed by atoms with Crippen molar-refractivity contribution in [2.45, 2.75) is 20.5 Å². The third-order valence-corrected chi connectivity index (χ3v) is 3.39. The number of aryl methyl sites for hydroxylation is 2. The molecule has 5 heteroatoms. The second kappa shape index (κ2) is 7.35. The van der Waals surface area contributed by atoms with Gasteiger partial charge in [0.1, 0.15) is 6.61 Å². The zero-order chi connectivity index (χ0) is 16.8. The summed E-state index contributed by atoms with van der Waals surface area (Å²) in [6.45, 7) is 4.17. The Labute approximate surface area is 134 Å². The third kappa shape index (κ3) is 4.78. The highest BCUT2D eigenvalue weighted by Crippen LogP contribution is 2.14. The number of nitro benzene ring substituents is 1. The van der Waals surface area contributed by atoms with Crippen LogP contribution in [0.25, 0.3) is 6.08 Å². The van der Waals surface area contributed by atoms with E-state index in [-0.39, 0.29) is 12.3 Å². The quantitative estimate of drug-likeness (QED) is 0.362. The summed E-state index contributed by atoms with van der Waals surface area (Å²) < 4.78 is 5.21. The smallest absolute Gasteiger partial charge is 0.331 e. The lowest BCUT2D eigenvalue weighted by Gasteiger charge is -2.07. The highest BCUT2D eigenvalue weighted by atomic mass is 16.6. The van der Waals surface area contributed by atoms with Gasteiger partial charge in [-0.1, -0.05) is 23.8 Å². The van der Waals surface area contributed by atoms with Gasteiger partial charge in [0, 0.05) is 18.2 Å². The minimum Gasteiger partial charge on any atom is -0.458 e. The molecule has 23 heavy (non-hydrogen) atoms. The Morgan fingerprint density at radius 1 is 1.17 bits per heavy atom. The summed E-state index contributed by atoms with van der Waals surface area (Å²) in [5.74, 6) is -0.454. The summed E-state index contributed by atoms with van der Waals surface area (Å²) in [5, 5.41) is 10.6. The van der Waals surface area contributed by atoms with E-state index in [4.69, 9.17) is 4.74 Å². The molecule has 0 heterocycles. The van der Waals surface area contributed by atoms with Gasteiger partial charge in [-0.05, 0) is 48.7 Å². The molecule has 0 aliphatic rings. The van der Waals surface area contributed by atoms with E-state index >= 15 is 0 Å². The van der Waals surface area contributed by atoms with Crippen molar-refractivity contribution in [2.75, 3.05) is 0 Å². The normalized spacial score (nSPS) is 10.7. The largest absolute Gasteiger partial charge is 0.458 e. The van der Waals surface area contributed by atoms with E-state index in [0.717, 1.165) is 16.7 Å². The topological polar surface area (TPSA) is 69.4 Å². The van der Waals surface area contributed by atoms with Crippen molar-refractivity contribution in [3.05, 3.63) is 80.9 Å². The Balaban J connectivity index is 1.93. The van der Waals surface area contributed by atoms with E-state index in [0.29, 0.717) is 5.56 Å². The summed E-state index contributed by atoms with van der Waals surface area (Å²) >= 11 is 0. The average molecular weight is 311 g/mol. The Kier molecular flexibility index (Phi) is 5.25. The van der Waals surface area contributed by atoms with Crippen molar-refractivity contribution < 1.29 is 14.5 Å². The fourth-order valence-corrected chi connectivity index (χ4v) is 2.02. The maximum absolute atomic E-state index is 11.7. The number of carbonyl (C=O) groups excluding carboxylic acids is 1. The van der Waals surface area contributed by atoms with Crippen molar-refractivity contribution >= 4 is 17.7 Å². The standard InChI is InChI=1S/C18H17NO4/c1-13-3-4-14(2)16(11-13)12-23-18(20)10-7-15-5-8-17(9-6-15)19(21)22/h3-11H,12H2,1-2H3/b10-7+. The lowest BCUT2D eigenvalue weighted by atomic mass is 10.1. The van der Waals surface area contributed by atoms with Gasteiger partial charge in [0.15, 0.2) is 0 Å². The molecule has 2 aromatic rings. The van der Waals surface area contributed by atoms with Gasteiger partial charge in [0.05, 0.1) is 4.92 Å². The van der Waals surface area contributed by atoms with Crippen LogP contribution in [0.15, 0.2) is 48.5 Å². The number of nitro groups is 1. The van der Waals surface area contributed by atoms with Gasteiger partial charge < -0.3 is 4.74 Å². The van der Waals surface area contributed by atoms with Crippen molar-refractivity contribution in [3.8, 4) is 0 Å². The van der Waals surface area contributed by atoms with Crippen LogP contribution >= 0.6 is 0 Å². The fourth-order valence-electron chi connectivity index (χ4n) is 2.02. The number of carbonyl (C=O) groups is 1. The second-order valence-electron chi connectivity index (χ2n) is 5.22. The number of non-ortho nitro benzene ring substituents is 1. The highest BCUT2D eigenvalue weighted by molar-refractivity contribution is 5.87. The molecule has 0 unspecified atom stereocenters. The highest BCUT2D eigenvalue weighted by Gasteiger charge is 2.04. The molecule has 2 rings (SSSR count). The minimum atomic E-state index is -0.466. The minimum absolute atomic E-state index is 0.0136. The first-order valence-corrected chi connectivity index (χ1v) is 7.11. The van der Waals surface area contributed by atoms with Gasteiger partial charge in [-0.2, -0.15) is 0 Å². The first kappa shape index (κ1) is 16.4. The van der Waals surface area contributed by atoms with E-state index in [1.165, 1.54) is 18.2 Å². The molecule has 118 valence electrons. The molecule has 0 aliphatic heterocycles. The molecule has 0 atom stereocenters. The number of esters is 1. The summed E-state index contributed by atoms with van der Waals surface area (Å²) in [6, 6.07) is 11.9. The van der Waals surface area contributed by atoms with Gasteiger partial charge in [0.2, 0.25) is 0 Å². The molecule has 0 radical (unpaired) electrons. The molecule has 2 aromatic carbocycles. The van der Waals surface area contributed by atoms with Crippen LogP contribution in [0, 0.1) is 24.0 Å². The third-order valence-electron chi connectivity index (χ3n) is 3.39. The molecule has 0 saturated heterocycles. The number of hydrogen-bond acceptors (Lipinski definition) is 4. The van der Waals surface area contributed by atoms with Crippen molar-refractivity contribution in [1.29, 1.82) is 0 Å². The van der Waals surface area contributed by atoms with E-state index in [2.05, 4.69) is 0 Å². The molecular formula is C18H17NO4. The molecule has 5 nitrogen and oxygen atoms in total. The van der Waals surface area contributed by atoms with Crippen LogP contribution in [0.2, 0.25) is 0 Å². The van der Waals surface area contributed by atoms with E-state index < -0.39 is 10.9 Å². The monoisotopic (exact) mass is 311 g/mol. The van der Waals surface area contributed by atoms with Crippen molar-refractivity contribution in [2.24, 2.45) is 0 Å². The summed E-state index contributed by atoms with van der Waals surface area (Å²) in [4.78, 5) is 21.8. The van der Waals surface area contributed by atoms with Crippen molar-refractivity contribution in [3.63, 3.8) is 0 Å². The predicted molar refractivity (Wildman–Crippen MR) is 87.8 cm³/mol. The zero-order valence-corrected chi connectivity index (χ0v) is 13.0. The van der Waals surface area contributed by atoms with Gasteiger partial charge >= 0.3 is 5.97 Å². The molecule has 0 N–H and O–H groups in total. The van der Waals surface area contributed by atoms with Gasteiger partial charge in [-0.15, -0.1) is 0 Å². The maximum Gasteiger partial charge on any atom is 0.331 e. The predicted octanol–water partition coefficient (Wildman–Crippen LogP) is 3.97. The van der Waals surface area contributed by atoms with Crippen LogP contribution in [0.4, 0.5) is 5.69 Å². The molecular weight excluding hydrogens is 294 g/mol. The first-order chi connectivity index (χ1) is 11.0. The Bertz CT molecular complexity index is 748. The van der Waals surface area contributed by atoms with Gasteiger partial charge in [-0.25, -0.2) is 4.79 Å². The molecule has 0 aliphatic carbocycles. The van der Waals surface area contributed by atoms with Crippen molar-refractivity contribution in [1.82, 2.24) is 0 Å². The van der Waals surface area contributed by atoms with E-state index in [1.807, 2.05) is 32.0 Å². The number of rotatable bonds is 5. The summed E-state index contributed by atoms with van der Waals surface area (Å²) in [5.41, 5.74) is 3.87. The lowest BCUT2D eigenvalue weighted by molar-refractivity contribution is -0.384. The van der Waals surface area contributed by atoms with Crippen LogP contribution in [-0.4, -0.2) is 10.9 Å². The van der Waals surface area contributed by atoms with Crippen LogP contribution in [-0.2, 0) is 16.1 Å². The van der Waals surface area contributed by atoms with Crippen LogP contribution in [0.5, 0.6) is 0 Å². The van der Waals surface area contributed by atoms with Gasteiger partial charge in [-0.3, -0.25) is 10.1 Å². The zero-order valence-electron chi connectivity index (χ0n) is 13.0. The average Bonchev–Trinajstić information content (AvgIpc) is 2.54. The van der Waals surface area contributed by atoms with Crippen LogP contribution < -0.4 is 0 Å². The van der Waals surface area contributed by atoms with E-state index in [9.17, 15) is 14.9 Å². The number of hydrogen-bond donors (Lipinski definition) is 0. The van der Waals surface area contributed by atoms with Crippen LogP contribution in [0.3, 0.4) is 0 Å². The second-order valence-corrected chi connectivity index (χ2v) is 5.22. The van der Waals surface area contributed by atoms with Gasteiger partial charge in [0.25, 0.3) is 5.69 Å². The molecule has 0 spiro atoms. The molecule has 0 amide bonds. The Morgan fingerprint density at radius 2 is 1.87 bits per heavy atom. The lowest BCUT2D eigenvalue weighted by Crippen LogP contribution is -2.02. The van der Waals surface area contributed by atoms with Crippen LogP contribution in [0.1, 0.15) is 22.3 Å². The number of ether oxygens (including phenoxy) is 1. The number of nitrogens with zero attached hydrogens (tertiary/aromatic N) is 1. The SMILES string of the molecule is Cc1ccc(C)c(COC(=O)/C=C/c2ccc([N+](=O)[O-])cc2)c1. The molecule has 0 aromatic heterocycles. The molecule has 0 saturated carbocycles. The first-order valence-electron chi connectivity index (χ1n) is 7.11. The molecule has 0 fully saturated rings. The summed E-state index contributed by atoms with van der Waals surface area (Å²) in [7, 11) is 0. The maximum atomic E-state index is 11.7. The summed E-state index contributed by atoms with van der Waals surface area (Å²) in [6.07, 6.45) is 2.88. The molecule has 0 bridgehead atoms.